The molecule has 2 rings (SSSR count). The number of amides is 1. The minimum Gasteiger partial charge on any atom is -0.506 e. The number of rotatable bonds is 6. The Bertz CT molecular complexity index is 779. The molecular weight excluding hydrogens is 460 g/mol. The number of hydrogen-bond donors (Lipinski definition) is 2. The maximum Gasteiger partial charge on any atom is 0.247 e. The Hall–Kier alpha value is -1.66. The summed E-state index contributed by atoms with van der Waals surface area (Å²) in [7, 11) is 0. The van der Waals surface area contributed by atoms with Crippen molar-refractivity contribution in [3.63, 3.8) is 0 Å². The summed E-state index contributed by atoms with van der Waals surface area (Å²) in [5.74, 6) is 0.268. The van der Waals surface area contributed by atoms with Crippen LogP contribution in [0.1, 0.15) is 43.4 Å². The van der Waals surface area contributed by atoms with Gasteiger partial charge in [-0.3, -0.25) is 4.79 Å². The van der Waals surface area contributed by atoms with Crippen molar-refractivity contribution in [3.8, 4) is 5.75 Å². The van der Waals surface area contributed by atoms with E-state index < -0.39 is 0 Å². The Morgan fingerprint density at radius 2 is 1.73 bits per heavy atom. The molecule has 1 unspecified atom stereocenters. The van der Waals surface area contributed by atoms with Gasteiger partial charge in [0, 0.05) is 0 Å². The average Bonchev–Trinajstić information content (AvgIpc) is 2.59. The standard InChI is InChI=1S/C20H22Br2N2O2/c1-12(2)8-14-4-6-16(7-5-14)13(3)20(26)24-23-11-15-9-17(21)19(25)18(22)10-15/h4-7,9-13,25H,8H2,1-3H3,(H,24,26). The van der Waals surface area contributed by atoms with Crippen LogP contribution in [0, 0.1) is 5.92 Å². The Kier molecular flexibility index (Phi) is 7.41. The second kappa shape index (κ2) is 9.33. The molecule has 2 aromatic carbocycles. The summed E-state index contributed by atoms with van der Waals surface area (Å²) < 4.78 is 1.10. The van der Waals surface area contributed by atoms with Crippen molar-refractivity contribution >= 4 is 44.0 Å². The summed E-state index contributed by atoms with van der Waals surface area (Å²) in [6, 6.07) is 11.6. The van der Waals surface area contributed by atoms with E-state index in [2.05, 4.69) is 68.4 Å². The Morgan fingerprint density at radius 1 is 1.15 bits per heavy atom. The fourth-order valence-electron chi connectivity index (χ4n) is 2.49. The molecule has 6 heteroatoms. The smallest absolute Gasteiger partial charge is 0.247 e. The number of phenols is 1. The number of phenolic OH excluding ortho intramolecular Hbond substituents is 1. The highest BCUT2D eigenvalue weighted by Gasteiger charge is 2.14. The zero-order valence-electron chi connectivity index (χ0n) is 15.0. The number of carbonyl (C=O) groups is 1. The molecule has 0 aliphatic rings. The zero-order valence-corrected chi connectivity index (χ0v) is 18.1. The van der Waals surface area contributed by atoms with Gasteiger partial charge in [-0.05, 0) is 79.9 Å². The summed E-state index contributed by atoms with van der Waals surface area (Å²) in [5, 5.41) is 13.7. The van der Waals surface area contributed by atoms with Crippen molar-refractivity contribution in [1.29, 1.82) is 0 Å². The van der Waals surface area contributed by atoms with Crippen LogP contribution in [0.25, 0.3) is 0 Å². The zero-order chi connectivity index (χ0) is 19.3. The van der Waals surface area contributed by atoms with E-state index >= 15 is 0 Å². The number of nitrogens with one attached hydrogen (secondary N) is 1. The van der Waals surface area contributed by atoms with Crippen molar-refractivity contribution in [2.45, 2.75) is 33.1 Å². The van der Waals surface area contributed by atoms with Crippen LogP contribution in [-0.4, -0.2) is 17.2 Å². The van der Waals surface area contributed by atoms with Crippen molar-refractivity contribution in [2.75, 3.05) is 0 Å². The van der Waals surface area contributed by atoms with Gasteiger partial charge in [-0.2, -0.15) is 5.10 Å². The van der Waals surface area contributed by atoms with Crippen LogP contribution in [0.4, 0.5) is 0 Å². The van der Waals surface area contributed by atoms with Crippen molar-refractivity contribution in [3.05, 3.63) is 62.0 Å². The molecule has 0 heterocycles. The van der Waals surface area contributed by atoms with Gasteiger partial charge >= 0.3 is 0 Å². The number of aromatic hydroxyl groups is 1. The molecule has 0 aliphatic carbocycles. The predicted molar refractivity (Wildman–Crippen MR) is 113 cm³/mol. The summed E-state index contributed by atoms with van der Waals surface area (Å²) in [5.41, 5.74) is 5.54. The molecule has 1 amide bonds. The van der Waals surface area contributed by atoms with E-state index in [1.807, 2.05) is 19.1 Å². The third-order valence-corrected chi connectivity index (χ3v) is 5.15. The molecule has 2 N–H and O–H groups in total. The van der Waals surface area contributed by atoms with Crippen molar-refractivity contribution in [1.82, 2.24) is 5.43 Å². The molecule has 26 heavy (non-hydrogen) atoms. The summed E-state index contributed by atoms with van der Waals surface area (Å²) in [4.78, 5) is 12.3. The van der Waals surface area contributed by atoms with E-state index in [4.69, 9.17) is 0 Å². The van der Waals surface area contributed by atoms with Crippen LogP contribution < -0.4 is 5.43 Å². The topological polar surface area (TPSA) is 61.7 Å². The summed E-state index contributed by atoms with van der Waals surface area (Å²) >= 11 is 6.53. The fraction of sp³-hybridized carbons (Fsp3) is 0.300. The first kappa shape index (κ1) is 20.6. The number of hydrogen-bond acceptors (Lipinski definition) is 3. The first-order valence-electron chi connectivity index (χ1n) is 8.37. The van der Waals surface area contributed by atoms with Gasteiger partial charge in [-0.1, -0.05) is 38.1 Å². The number of nitrogens with zero attached hydrogens (tertiary/aromatic N) is 1. The predicted octanol–water partition coefficient (Wildman–Crippen LogP) is 5.37. The molecule has 0 saturated heterocycles. The van der Waals surface area contributed by atoms with Crippen LogP contribution in [0.3, 0.4) is 0 Å². The first-order valence-corrected chi connectivity index (χ1v) is 9.96. The highest BCUT2D eigenvalue weighted by Crippen LogP contribution is 2.32. The van der Waals surface area contributed by atoms with Gasteiger partial charge in [-0.25, -0.2) is 5.43 Å². The van der Waals surface area contributed by atoms with Gasteiger partial charge < -0.3 is 5.11 Å². The quantitative estimate of drug-likeness (QED) is 0.430. The normalized spacial score (nSPS) is 12.5. The second-order valence-corrected chi connectivity index (χ2v) is 8.34. The van der Waals surface area contributed by atoms with E-state index in [0.717, 1.165) is 17.5 Å². The molecule has 0 aliphatic heterocycles. The van der Waals surface area contributed by atoms with Gasteiger partial charge in [0.25, 0.3) is 0 Å². The van der Waals surface area contributed by atoms with Crippen LogP contribution in [0.2, 0.25) is 0 Å². The minimum absolute atomic E-state index is 0.126. The number of halogens is 2. The maximum atomic E-state index is 12.3. The second-order valence-electron chi connectivity index (χ2n) is 6.63. The molecule has 0 saturated carbocycles. The molecule has 0 aromatic heterocycles. The highest BCUT2D eigenvalue weighted by molar-refractivity contribution is 9.11. The largest absolute Gasteiger partial charge is 0.506 e. The molecule has 0 spiro atoms. The molecule has 138 valence electrons. The fourth-order valence-corrected chi connectivity index (χ4v) is 3.71. The molecular formula is C20H22Br2N2O2. The van der Waals surface area contributed by atoms with Crippen molar-refractivity contribution < 1.29 is 9.90 Å². The Labute approximate surface area is 171 Å². The van der Waals surface area contributed by atoms with Crippen LogP contribution in [0.15, 0.2) is 50.4 Å². The van der Waals surface area contributed by atoms with Crippen LogP contribution in [-0.2, 0) is 11.2 Å². The molecule has 1 atom stereocenters. The van der Waals surface area contributed by atoms with Crippen LogP contribution in [0.5, 0.6) is 5.75 Å². The van der Waals surface area contributed by atoms with E-state index in [9.17, 15) is 9.90 Å². The number of benzene rings is 2. The molecule has 0 fully saturated rings. The van der Waals surface area contributed by atoms with Gasteiger partial charge in [0.05, 0.1) is 21.1 Å². The number of hydrazone groups is 1. The van der Waals surface area contributed by atoms with Gasteiger partial charge in [0.1, 0.15) is 5.75 Å². The monoisotopic (exact) mass is 480 g/mol. The first-order chi connectivity index (χ1) is 12.3. The third kappa shape index (κ3) is 5.68. The lowest BCUT2D eigenvalue weighted by Crippen LogP contribution is -2.23. The lowest BCUT2D eigenvalue weighted by atomic mass is 9.96. The van der Waals surface area contributed by atoms with E-state index in [1.165, 1.54) is 11.8 Å². The highest BCUT2D eigenvalue weighted by atomic mass is 79.9. The minimum atomic E-state index is -0.293. The molecule has 2 aromatic rings. The van der Waals surface area contributed by atoms with E-state index in [-0.39, 0.29) is 17.6 Å². The average molecular weight is 482 g/mol. The van der Waals surface area contributed by atoms with Gasteiger partial charge in [-0.15, -0.1) is 0 Å². The lowest BCUT2D eigenvalue weighted by molar-refractivity contribution is -0.122. The third-order valence-electron chi connectivity index (χ3n) is 3.94. The molecule has 4 nitrogen and oxygen atoms in total. The Morgan fingerprint density at radius 3 is 2.27 bits per heavy atom. The van der Waals surface area contributed by atoms with E-state index in [1.54, 1.807) is 12.1 Å². The summed E-state index contributed by atoms with van der Waals surface area (Å²) in [6.07, 6.45) is 2.56. The lowest BCUT2D eigenvalue weighted by Gasteiger charge is -2.11. The Balaban J connectivity index is 1.98. The van der Waals surface area contributed by atoms with Gasteiger partial charge in [0.15, 0.2) is 0 Å². The van der Waals surface area contributed by atoms with Gasteiger partial charge in [0.2, 0.25) is 5.91 Å². The van der Waals surface area contributed by atoms with E-state index in [0.29, 0.717) is 14.9 Å². The molecule has 0 bridgehead atoms. The SMILES string of the molecule is CC(C)Cc1ccc(C(C)C(=O)NN=Cc2cc(Br)c(O)c(Br)c2)cc1. The summed E-state index contributed by atoms with van der Waals surface area (Å²) in [6.45, 7) is 6.23. The maximum absolute atomic E-state index is 12.3. The number of carbonyl (C=O) groups excluding carboxylic acids is 1. The van der Waals surface area contributed by atoms with Crippen LogP contribution >= 0.6 is 31.9 Å². The molecule has 0 radical (unpaired) electrons. The van der Waals surface area contributed by atoms with Crippen molar-refractivity contribution in [2.24, 2.45) is 11.0 Å².